The number of likely N-dealkylation sites (N-methyl/N-ethyl adjacent to an activating group) is 1. The molecule has 5 nitrogen and oxygen atoms in total. The lowest BCUT2D eigenvalue weighted by Crippen LogP contribution is -2.42. The van der Waals surface area contributed by atoms with Gasteiger partial charge in [0.2, 0.25) is 5.95 Å². The molecule has 1 saturated heterocycles. The maximum absolute atomic E-state index is 5.78. The lowest BCUT2D eigenvalue weighted by Gasteiger charge is -2.30. The quantitative estimate of drug-likeness (QED) is 0.778. The third-order valence-electron chi connectivity index (χ3n) is 3.27. The zero-order valence-corrected chi connectivity index (χ0v) is 11.4. The third kappa shape index (κ3) is 3.71. The van der Waals surface area contributed by atoms with Crippen LogP contribution >= 0.6 is 0 Å². The van der Waals surface area contributed by atoms with E-state index in [1.165, 1.54) is 12.8 Å². The highest BCUT2D eigenvalue weighted by atomic mass is 16.5. The van der Waals surface area contributed by atoms with Crippen molar-refractivity contribution in [3.8, 4) is 0 Å². The van der Waals surface area contributed by atoms with E-state index in [1.807, 2.05) is 12.4 Å². The van der Waals surface area contributed by atoms with Gasteiger partial charge in [0.1, 0.15) is 0 Å². The maximum Gasteiger partial charge on any atom is 0.202 e. The summed E-state index contributed by atoms with van der Waals surface area (Å²) in [6.45, 7) is 6.90. The highest BCUT2D eigenvalue weighted by Gasteiger charge is 2.18. The van der Waals surface area contributed by atoms with Crippen LogP contribution in [0.25, 0.3) is 0 Å². The summed E-state index contributed by atoms with van der Waals surface area (Å²) in [6, 6.07) is 0. The van der Waals surface area contributed by atoms with Crippen LogP contribution in [0.15, 0.2) is 12.4 Å². The Bertz CT molecular complexity index is 353. The Morgan fingerprint density at radius 3 is 3.22 bits per heavy atom. The average Bonchev–Trinajstić information content (AvgIpc) is 2.77. The van der Waals surface area contributed by atoms with Gasteiger partial charge in [-0.25, -0.2) is 4.98 Å². The van der Waals surface area contributed by atoms with Gasteiger partial charge in [0, 0.05) is 32.0 Å². The second-order valence-electron chi connectivity index (χ2n) is 4.94. The molecule has 102 valence electrons. The highest BCUT2D eigenvalue weighted by molar-refractivity contribution is 5.25. The van der Waals surface area contributed by atoms with E-state index in [4.69, 9.17) is 4.74 Å². The summed E-state index contributed by atoms with van der Waals surface area (Å²) in [5, 5.41) is 3.38. The standard InChI is InChI=1S/C13H24N4O/c1-3-4-5-14-13-15-6-7-17(13)11-12-10-16(2)8-9-18-12/h6-7,12H,3-5,8-11H2,1-2H3,(H,14,15). The lowest BCUT2D eigenvalue weighted by molar-refractivity contribution is -0.0272. The van der Waals surface area contributed by atoms with Gasteiger partial charge in [-0.1, -0.05) is 13.3 Å². The van der Waals surface area contributed by atoms with Crippen molar-refractivity contribution >= 4 is 5.95 Å². The van der Waals surface area contributed by atoms with Gasteiger partial charge < -0.3 is 19.5 Å². The van der Waals surface area contributed by atoms with Gasteiger partial charge in [-0.05, 0) is 13.5 Å². The number of hydrogen-bond acceptors (Lipinski definition) is 4. The molecule has 0 aromatic carbocycles. The molecular weight excluding hydrogens is 228 g/mol. The smallest absolute Gasteiger partial charge is 0.202 e. The third-order valence-corrected chi connectivity index (χ3v) is 3.27. The van der Waals surface area contributed by atoms with Crippen LogP contribution in [-0.2, 0) is 11.3 Å². The largest absolute Gasteiger partial charge is 0.374 e. The van der Waals surface area contributed by atoms with Crippen LogP contribution in [0.1, 0.15) is 19.8 Å². The fourth-order valence-electron chi connectivity index (χ4n) is 2.20. The van der Waals surface area contributed by atoms with Crippen LogP contribution in [0.4, 0.5) is 5.95 Å². The first-order valence-electron chi connectivity index (χ1n) is 6.84. The van der Waals surface area contributed by atoms with Gasteiger partial charge in [0.15, 0.2) is 0 Å². The van der Waals surface area contributed by atoms with E-state index < -0.39 is 0 Å². The van der Waals surface area contributed by atoms with Gasteiger partial charge in [0.25, 0.3) is 0 Å². The normalized spacial score (nSPS) is 21.1. The zero-order valence-electron chi connectivity index (χ0n) is 11.4. The fourth-order valence-corrected chi connectivity index (χ4v) is 2.20. The van der Waals surface area contributed by atoms with Gasteiger partial charge in [-0.2, -0.15) is 0 Å². The molecule has 0 bridgehead atoms. The monoisotopic (exact) mass is 252 g/mol. The van der Waals surface area contributed by atoms with E-state index in [-0.39, 0.29) is 6.10 Å². The van der Waals surface area contributed by atoms with Crippen molar-refractivity contribution in [1.29, 1.82) is 0 Å². The first-order chi connectivity index (χ1) is 8.79. The Morgan fingerprint density at radius 1 is 1.56 bits per heavy atom. The van der Waals surface area contributed by atoms with E-state index >= 15 is 0 Å². The molecule has 0 aliphatic carbocycles. The summed E-state index contributed by atoms with van der Waals surface area (Å²) in [7, 11) is 2.14. The van der Waals surface area contributed by atoms with E-state index in [2.05, 4.69) is 33.7 Å². The molecule has 1 unspecified atom stereocenters. The molecule has 1 atom stereocenters. The molecule has 1 aromatic heterocycles. The predicted molar refractivity (Wildman–Crippen MR) is 72.9 cm³/mol. The van der Waals surface area contributed by atoms with Crippen molar-refractivity contribution in [3.63, 3.8) is 0 Å². The van der Waals surface area contributed by atoms with Crippen LogP contribution in [0.2, 0.25) is 0 Å². The van der Waals surface area contributed by atoms with Crippen molar-refractivity contribution in [1.82, 2.24) is 14.5 Å². The molecule has 0 radical (unpaired) electrons. The van der Waals surface area contributed by atoms with Crippen molar-refractivity contribution < 1.29 is 4.74 Å². The molecule has 5 heteroatoms. The first-order valence-corrected chi connectivity index (χ1v) is 6.84. The number of aromatic nitrogens is 2. The van der Waals surface area contributed by atoms with Crippen LogP contribution in [0, 0.1) is 0 Å². The second kappa shape index (κ2) is 6.75. The Balaban J connectivity index is 1.86. The molecule has 0 amide bonds. The van der Waals surface area contributed by atoms with Gasteiger partial charge >= 0.3 is 0 Å². The van der Waals surface area contributed by atoms with Crippen molar-refractivity contribution in [3.05, 3.63) is 12.4 Å². The molecule has 1 aliphatic heterocycles. The molecule has 2 heterocycles. The number of nitrogens with one attached hydrogen (secondary N) is 1. The van der Waals surface area contributed by atoms with E-state index in [1.54, 1.807) is 0 Å². The maximum atomic E-state index is 5.78. The molecule has 1 N–H and O–H groups in total. The number of ether oxygens (including phenoxy) is 1. The van der Waals surface area contributed by atoms with E-state index in [0.717, 1.165) is 38.7 Å². The predicted octanol–water partition coefficient (Wildman–Crippen LogP) is 1.43. The number of unbranched alkanes of at least 4 members (excludes halogenated alkanes) is 1. The Morgan fingerprint density at radius 2 is 2.44 bits per heavy atom. The molecule has 2 rings (SSSR count). The molecular formula is C13H24N4O. The zero-order chi connectivity index (χ0) is 12.8. The SMILES string of the molecule is CCCCNc1nccn1CC1CN(C)CCO1. The molecule has 0 spiro atoms. The molecule has 0 saturated carbocycles. The number of anilines is 1. The van der Waals surface area contributed by atoms with Crippen molar-refractivity contribution in [2.75, 3.05) is 38.6 Å². The Labute approximate surface area is 109 Å². The number of rotatable bonds is 6. The summed E-state index contributed by atoms with van der Waals surface area (Å²) in [5.41, 5.74) is 0. The van der Waals surface area contributed by atoms with Gasteiger partial charge in [-0.15, -0.1) is 0 Å². The fraction of sp³-hybridized carbons (Fsp3) is 0.769. The van der Waals surface area contributed by atoms with Crippen LogP contribution in [-0.4, -0.2) is 53.8 Å². The summed E-state index contributed by atoms with van der Waals surface area (Å²) >= 11 is 0. The lowest BCUT2D eigenvalue weighted by atomic mass is 10.3. The van der Waals surface area contributed by atoms with Crippen LogP contribution < -0.4 is 5.32 Å². The first kappa shape index (κ1) is 13.4. The molecule has 18 heavy (non-hydrogen) atoms. The minimum Gasteiger partial charge on any atom is -0.374 e. The molecule has 1 aliphatic rings. The number of morpholine rings is 1. The summed E-state index contributed by atoms with van der Waals surface area (Å²) < 4.78 is 7.94. The highest BCUT2D eigenvalue weighted by Crippen LogP contribution is 2.10. The number of nitrogens with zero attached hydrogens (tertiary/aromatic N) is 3. The van der Waals surface area contributed by atoms with Crippen LogP contribution in [0.5, 0.6) is 0 Å². The topological polar surface area (TPSA) is 42.3 Å². The number of hydrogen-bond donors (Lipinski definition) is 1. The van der Waals surface area contributed by atoms with E-state index in [9.17, 15) is 0 Å². The number of imidazole rings is 1. The van der Waals surface area contributed by atoms with Crippen molar-refractivity contribution in [2.24, 2.45) is 0 Å². The Kier molecular flexibility index (Phi) is 5.01. The van der Waals surface area contributed by atoms with Gasteiger partial charge in [-0.3, -0.25) is 0 Å². The Hall–Kier alpha value is -1.07. The van der Waals surface area contributed by atoms with Crippen LogP contribution in [0.3, 0.4) is 0 Å². The molecule has 1 aromatic rings. The summed E-state index contributed by atoms with van der Waals surface area (Å²) in [4.78, 5) is 6.67. The second-order valence-corrected chi connectivity index (χ2v) is 4.94. The van der Waals surface area contributed by atoms with Crippen molar-refractivity contribution in [2.45, 2.75) is 32.4 Å². The minimum atomic E-state index is 0.268. The van der Waals surface area contributed by atoms with Gasteiger partial charge in [0.05, 0.1) is 19.3 Å². The van der Waals surface area contributed by atoms with E-state index in [0.29, 0.717) is 0 Å². The average molecular weight is 252 g/mol. The minimum absolute atomic E-state index is 0.268. The molecule has 1 fully saturated rings. The summed E-state index contributed by atoms with van der Waals surface area (Å²) in [6.07, 6.45) is 6.51. The summed E-state index contributed by atoms with van der Waals surface area (Å²) in [5.74, 6) is 0.959.